The number of hydrazine groups is 1. The molecule has 5 nitrogen and oxygen atoms in total. The zero-order valence-corrected chi connectivity index (χ0v) is 14.2. The molecule has 112 valence electrons. The number of anilines is 1. The predicted molar refractivity (Wildman–Crippen MR) is 88.2 cm³/mol. The second kappa shape index (κ2) is 5.99. The van der Waals surface area contributed by atoms with E-state index < -0.39 is 0 Å². The molecule has 0 spiro atoms. The monoisotopic (exact) mass is 350 g/mol. The van der Waals surface area contributed by atoms with Crippen molar-refractivity contribution < 1.29 is 4.74 Å². The van der Waals surface area contributed by atoms with Crippen molar-refractivity contribution in [1.29, 1.82) is 0 Å². The van der Waals surface area contributed by atoms with E-state index in [0.29, 0.717) is 11.6 Å². The van der Waals surface area contributed by atoms with Gasteiger partial charge < -0.3 is 10.2 Å². The molecule has 0 aliphatic heterocycles. The molecule has 0 saturated heterocycles. The molecule has 0 unspecified atom stereocenters. The van der Waals surface area contributed by atoms with Crippen LogP contribution in [0.4, 0.5) is 5.82 Å². The normalized spacial score (nSPS) is 11.3. The van der Waals surface area contributed by atoms with Crippen LogP contribution in [0.25, 0.3) is 11.4 Å². The molecule has 3 N–H and O–H groups in total. The van der Waals surface area contributed by atoms with Crippen molar-refractivity contribution in [3.8, 4) is 17.1 Å². The third-order valence-electron chi connectivity index (χ3n) is 3.05. The van der Waals surface area contributed by atoms with Crippen molar-refractivity contribution in [1.82, 2.24) is 9.97 Å². The van der Waals surface area contributed by atoms with Crippen LogP contribution in [0.15, 0.2) is 28.7 Å². The Morgan fingerprint density at radius 3 is 2.43 bits per heavy atom. The number of ether oxygens (including phenoxy) is 1. The van der Waals surface area contributed by atoms with E-state index in [1.54, 1.807) is 7.11 Å². The van der Waals surface area contributed by atoms with E-state index in [-0.39, 0.29) is 5.41 Å². The van der Waals surface area contributed by atoms with Crippen LogP contribution in [-0.4, -0.2) is 17.1 Å². The molecule has 1 aromatic heterocycles. The molecule has 0 atom stereocenters. The Morgan fingerprint density at radius 2 is 1.90 bits per heavy atom. The zero-order chi connectivity index (χ0) is 15.6. The lowest BCUT2D eigenvalue weighted by Gasteiger charge is -2.19. The third-order valence-corrected chi connectivity index (χ3v) is 3.67. The molecule has 0 saturated carbocycles. The van der Waals surface area contributed by atoms with Crippen LogP contribution in [0, 0.1) is 0 Å². The summed E-state index contributed by atoms with van der Waals surface area (Å²) in [6.45, 7) is 6.30. The van der Waals surface area contributed by atoms with Gasteiger partial charge >= 0.3 is 0 Å². The molecular weight excluding hydrogens is 332 g/mol. The number of nitrogens with zero attached hydrogens (tertiary/aromatic N) is 2. The number of benzene rings is 1. The SMILES string of the molecule is COc1ccc(-c2nc(NN)cc(C(C)(C)C)n2)cc1Br. The van der Waals surface area contributed by atoms with Crippen LogP contribution in [0.3, 0.4) is 0 Å². The number of hydrogen-bond donors (Lipinski definition) is 2. The highest BCUT2D eigenvalue weighted by Gasteiger charge is 2.18. The summed E-state index contributed by atoms with van der Waals surface area (Å²) < 4.78 is 6.09. The standard InChI is InChI=1S/C15H19BrN4O/c1-15(2,3)12-8-13(20-17)19-14(18-12)9-5-6-11(21-4)10(16)7-9/h5-8H,17H2,1-4H3,(H,18,19,20). The Balaban J connectivity index is 2.55. The van der Waals surface area contributed by atoms with Gasteiger partial charge in [0.15, 0.2) is 5.82 Å². The van der Waals surface area contributed by atoms with Gasteiger partial charge in [0.2, 0.25) is 0 Å². The zero-order valence-electron chi connectivity index (χ0n) is 12.6. The van der Waals surface area contributed by atoms with Crippen LogP contribution in [-0.2, 0) is 5.41 Å². The van der Waals surface area contributed by atoms with E-state index in [0.717, 1.165) is 21.5 Å². The van der Waals surface area contributed by atoms with Crippen LogP contribution >= 0.6 is 15.9 Å². The number of aromatic nitrogens is 2. The maximum absolute atomic E-state index is 5.51. The van der Waals surface area contributed by atoms with Gasteiger partial charge in [-0.1, -0.05) is 20.8 Å². The fourth-order valence-electron chi connectivity index (χ4n) is 1.84. The summed E-state index contributed by atoms with van der Waals surface area (Å²) in [4.78, 5) is 9.07. The Kier molecular flexibility index (Phi) is 4.49. The number of nitrogen functional groups attached to an aromatic ring is 1. The highest BCUT2D eigenvalue weighted by atomic mass is 79.9. The van der Waals surface area contributed by atoms with Gasteiger partial charge in [-0.2, -0.15) is 0 Å². The summed E-state index contributed by atoms with van der Waals surface area (Å²) >= 11 is 3.48. The second-order valence-electron chi connectivity index (χ2n) is 5.71. The third kappa shape index (κ3) is 3.51. The second-order valence-corrected chi connectivity index (χ2v) is 6.56. The molecule has 1 aromatic carbocycles. The van der Waals surface area contributed by atoms with Crippen LogP contribution in [0.1, 0.15) is 26.5 Å². The number of halogens is 1. The minimum atomic E-state index is -0.0903. The van der Waals surface area contributed by atoms with Gasteiger partial charge in [-0.15, -0.1) is 0 Å². The molecule has 0 aliphatic carbocycles. The molecular formula is C15H19BrN4O. The van der Waals surface area contributed by atoms with Gasteiger partial charge in [0.1, 0.15) is 11.6 Å². The average molecular weight is 351 g/mol. The van der Waals surface area contributed by atoms with Gasteiger partial charge in [-0.05, 0) is 34.1 Å². The number of nitrogens with one attached hydrogen (secondary N) is 1. The van der Waals surface area contributed by atoms with Gasteiger partial charge in [0.05, 0.1) is 17.3 Å². The summed E-state index contributed by atoms with van der Waals surface area (Å²) in [6, 6.07) is 7.59. The van der Waals surface area contributed by atoms with Crippen LogP contribution < -0.4 is 16.0 Å². The fraction of sp³-hybridized carbons (Fsp3) is 0.333. The van der Waals surface area contributed by atoms with E-state index in [4.69, 9.17) is 10.6 Å². The van der Waals surface area contributed by atoms with Gasteiger partial charge in [-0.25, -0.2) is 15.8 Å². The van der Waals surface area contributed by atoms with Crippen molar-refractivity contribution in [3.05, 3.63) is 34.4 Å². The topological polar surface area (TPSA) is 73.1 Å². The van der Waals surface area contributed by atoms with Gasteiger partial charge in [-0.3, -0.25) is 0 Å². The Labute approximate surface area is 133 Å². The summed E-state index contributed by atoms with van der Waals surface area (Å²) in [5, 5.41) is 0. The summed E-state index contributed by atoms with van der Waals surface area (Å²) in [5.74, 6) is 7.50. The summed E-state index contributed by atoms with van der Waals surface area (Å²) in [6.07, 6.45) is 0. The predicted octanol–water partition coefficient (Wildman–Crippen LogP) is 3.50. The first-order chi connectivity index (χ1) is 9.85. The van der Waals surface area contributed by atoms with Crippen molar-refractivity contribution in [2.24, 2.45) is 5.84 Å². The van der Waals surface area contributed by atoms with Gasteiger partial charge in [0, 0.05) is 17.0 Å². The molecule has 2 aromatic rings. The largest absolute Gasteiger partial charge is 0.496 e. The maximum atomic E-state index is 5.51. The van der Waals surface area contributed by atoms with E-state index >= 15 is 0 Å². The molecule has 2 rings (SSSR count). The van der Waals surface area contributed by atoms with Crippen molar-refractivity contribution in [2.45, 2.75) is 26.2 Å². The molecule has 0 aliphatic rings. The number of methoxy groups -OCH3 is 1. The van der Waals surface area contributed by atoms with Crippen LogP contribution in [0.2, 0.25) is 0 Å². The Hall–Kier alpha value is -1.66. The fourth-order valence-corrected chi connectivity index (χ4v) is 2.38. The lowest BCUT2D eigenvalue weighted by atomic mass is 9.92. The molecule has 6 heteroatoms. The Bertz CT molecular complexity index is 653. The molecule has 0 bridgehead atoms. The minimum Gasteiger partial charge on any atom is -0.496 e. The first-order valence-corrected chi connectivity index (χ1v) is 7.34. The average Bonchev–Trinajstić information content (AvgIpc) is 2.45. The highest BCUT2D eigenvalue weighted by Crippen LogP contribution is 2.31. The summed E-state index contributed by atoms with van der Waals surface area (Å²) in [5.41, 5.74) is 4.33. The summed E-state index contributed by atoms with van der Waals surface area (Å²) in [7, 11) is 1.63. The smallest absolute Gasteiger partial charge is 0.161 e. The Morgan fingerprint density at radius 1 is 1.19 bits per heavy atom. The maximum Gasteiger partial charge on any atom is 0.161 e. The lowest BCUT2D eigenvalue weighted by Crippen LogP contribution is -2.17. The molecule has 1 heterocycles. The van der Waals surface area contributed by atoms with Gasteiger partial charge in [0.25, 0.3) is 0 Å². The number of nitrogens with two attached hydrogens (primary N) is 1. The lowest BCUT2D eigenvalue weighted by molar-refractivity contribution is 0.412. The number of rotatable bonds is 3. The highest BCUT2D eigenvalue weighted by molar-refractivity contribution is 9.10. The van der Waals surface area contributed by atoms with E-state index in [9.17, 15) is 0 Å². The van der Waals surface area contributed by atoms with Crippen molar-refractivity contribution in [2.75, 3.05) is 12.5 Å². The first-order valence-electron chi connectivity index (χ1n) is 6.55. The molecule has 21 heavy (non-hydrogen) atoms. The number of hydrogen-bond acceptors (Lipinski definition) is 5. The molecule has 0 fully saturated rings. The van der Waals surface area contributed by atoms with E-state index in [1.165, 1.54) is 0 Å². The van der Waals surface area contributed by atoms with Crippen molar-refractivity contribution >= 4 is 21.7 Å². The first kappa shape index (κ1) is 15.7. The van der Waals surface area contributed by atoms with Crippen LogP contribution in [0.5, 0.6) is 5.75 Å². The van der Waals surface area contributed by atoms with E-state index in [2.05, 4.69) is 52.1 Å². The molecule has 0 radical (unpaired) electrons. The molecule has 0 amide bonds. The minimum absolute atomic E-state index is 0.0903. The quantitative estimate of drug-likeness (QED) is 0.654. The van der Waals surface area contributed by atoms with E-state index in [1.807, 2.05) is 24.3 Å². The van der Waals surface area contributed by atoms with Crippen molar-refractivity contribution in [3.63, 3.8) is 0 Å².